The normalized spacial score (nSPS) is 10.1. The molecule has 7 heteroatoms. The van der Waals surface area contributed by atoms with Gasteiger partial charge in [0, 0.05) is 28.9 Å². The maximum atomic E-state index is 11.6. The van der Waals surface area contributed by atoms with Crippen molar-refractivity contribution in [3.8, 4) is 0 Å². The predicted molar refractivity (Wildman–Crippen MR) is 95.3 cm³/mol. The Balaban J connectivity index is 0.00000242. The fourth-order valence-electron chi connectivity index (χ4n) is 1.84. The van der Waals surface area contributed by atoms with Gasteiger partial charge in [-0.25, -0.2) is 4.98 Å². The van der Waals surface area contributed by atoms with Gasteiger partial charge in [-0.3, -0.25) is 4.79 Å². The van der Waals surface area contributed by atoms with Gasteiger partial charge in [0.1, 0.15) is 0 Å². The molecule has 1 aromatic carbocycles. The van der Waals surface area contributed by atoms with Crippen molar-refractivity contribution >= 4 is 46.4 Å². The fourth-order valence-corrected chi connectivity index (χ4v) is 2.90. The van der Waals surface area contributed by atoms with Crippen LogP contribution in [0.15, 0.2) is 24.4 Å². The van der Waals surface area contributed by atoms with Crippen LogP contribution in [0, 0.1) is 6.92 Å². The Morgan fingerprint density at radius 3 is 2.91 bits per heavy atom. The van der Waals surface area contributed by atoms with Crippen molar-refractivity contribution in [2.24, 2.45) is 5.73 Å². The van der Waals surface area contributed by atoms with Crippen molar-refractivity contribution in [2.75, 3.05) is 11.9 Å². The molecule has 0 unspecified atom stereocenters. The molecular weight excluding hydrogens is 341 g/mol. The molecule has 1 amide bonds. The van der Waals surface area contributed by atoms with E-state index in [0.29, 0.717) is 24.5 Å². The minimum Gasteiger partial charge on any atom is -0.330 e. The van der Waals surface area contributed by atoms with Crippen LogP contribution in [0.2, 0.25) is 5.02 Å². The van der Waals surface area contributed by atoms with E-state index in [9.17, 15) is 4.79 Å². The molecule has 0 spiro atoms. The molecule has 1 aromatic heterocycles. The molecule has 0 saturated heterocycles. The second-order valence-electron chi connectivity index (χ2n) is 4.83. The van der Waals surface area contributed by atoms with E-state index in [-0.39, 0.29) is 18.3 Å². The van der Waals surface area contributed by atoms with Gasteiger partial charge < -0.3 is 11.1 Å². The summed E-state index contributed by atoms with van der Waals surface area (Å²) >= 11 is 7.61. The first-order valence-electron chi connectivity index (χ1n) is 6.78. The Labute approximate surface area is 145 Å². The van der Waals surface area contributed by atoms with Crippen molar-refractivity contribution in [1.29, 1.82) is 0 Å². The third kappa shape index (κ3) is 5.57. The molecule has 0 aliphatic heterocycles. The van der Waals surface area contributed by atoms with E-state index in [1.807, 2.05) is 19.1 Å². The average Bonchev–Trinajstić information content (AvgIpc) is 2.88. The summed E-state index contributed by atoms with van der Waals surface area (Å²) in [5.41, 5.74) is 7.58. The van der Waals surface area contributed by atoms with Gasteiger partial charge in [-0.2, -0.15) is 0 Å². The molecule has 4 nitrogen and oxygen atoms in total. The van der Waals surface area contributed by atoms with Gasteiger partial charge in [0.2, 0.25) is 5.91 Å². The van der Waals surface area contributed by atoms with Crippen LogP contribution in [0.25, 0.3) is 0 Å². The van der Waals surface area contributed by atoms with Crippen molar-refractivity contribution in [2.45, 2.75) is 26.2 Å². The lowest BCUT2D eigenvalue weighted by atomic mass is 10.1. The van der Waals surface area contributed by atoms with Crippen LogP contribution in [-0.4, -0.2) is 17.4 Å². The number of benzene rings is 1. The lowest BCUT2D eigenvalue weighted by Gasteiger charge is -2.02. The van der Waals surface area contributed by atoms with E-state index in [1.54, 1.807) is 6.20 Å². The van der Waals surface area contributed by atoms with E-state index in [2.05, 4.69) is 16.4 Å². The SMILES string of the molecule is Cc1ccc(Cc2cnc(NC(=O)CCCN)s2)cc1Cl.Cl. The highest BCUT2D eigenvalue weighted by molar-refractivity contribution is 7.15. The Bertz CT molecular complexity index is 631. The van der Waals surface area contributed by atoms with Crippen LogP contribution in [0.5, 0.6) is 0 Å². The van der Waals surface area contributed by atoms with Crippen LogP contribution >= 0.6 is 35.3 Å². The maximum Gasteiger partial charge on any atom is 0.226 e. The summed E-state index contributed by atoms with van der Waals surface area (Å²) in [4.78, 5) is 16.9. The van der Waals surface area contributed by atoms with E-state index >= 15 is 0 Å². The number of carbonyl (C=O) groups is 1. The molecule has 3 N–H and O–H groups in total. The summed E-state index contributed by atoms with van der Waals surface area (Å²) in [6, 6.07) is 6.03. The molecule has 0 radical (unpaired) electrons. The Hall–Kier alpha value is -1.14. The van der Waals surface area contributed by atoms with E-state index in [4.69, 9.17) is 17.3 Å². The molecule has 0 bridgehead atoms. The second-order valence-corrected chi connectivity index (χ2v) is 6.35. The zero-order valence-electron chi connectivity index (χ0n) is 12.3. The lowest BCUT2D eigenvalue weighted by Crippen LogP contribution is -2.13. The second kappa shape index (κ2) is 9.10. The monoisotopic (exact) mass is 359 g/mol. The lowest BCUT2D eigenvalue weighted by molar-refractivity contribution is -0.116. The van der Waals surface area contributed by atoms with Crippen molar-refractivity contribution in [1.82, 2.24) is 4.98 Å². The van der Waals surface area contributed by atoms with Gasteiger partial charge in [0.05, 0.1) is 0 Å². The van der Waals surface area contributed by atoms with Crippen LogP contribution in [0.4, 0.5) is 5.13 Å². The van der Waals surface area contributed by atoms with Crippen molar-refractivity contribution in [3.05, 3.63) is 45.4 Å². The van der Waals surface area contributed by atoms with Crippen LogP contribution < -0.4 is 11.1 Å². The molecule has 1 heterocycles. The Morgan fingerprint density at radius 2 is 2.23 bits per heavy atom. The van der Waals surface area contributed by atoms with Crippen molar-refractivity contribution in [3.63, 3.8) is 0 Å². The molecule has 0 aliphatic carbocycles. The molecule has 120 valence electrons. The van der Waals surface area contributed by atoms with Gasteiger partial charge in [-0.1, -0.05) is 23.7 Å². The van der Waals surface area contributed by atoms with Crippen molar-refractivity contribution < 1.29 is 4.79 Å². The molecule has 0 aliphatic rings. The minimum atomic E-state index is -0.0419. The van der Waals surface area contributed by atoms with Gasteiger partial charge in [0.25, 0.3) is 0 Å². The highest BCUT2D eigenvalue weighted by Gasteiger charge is 2.07. The quantitative estimate of drug-likeness (QED) is 0.823. The first kappa shape index (κ1) is 18.9. The number of anilines is 1. The molecule has 22 heavy (non-hydrogen) atoms. The highest BCUT2D eigenvalue weighted by Crippen LogP contribution is 2.24. The highest BCUT2D eigenvalue weighted by atomic mass is 35.5. The van der Waals surface area contributed by atoms with Crippen LogP contribution in [0.3, 0.4) is 0 Å². The number of thiazole rings is 1. The third-order valence-corrected chi connectivity index (χ3v) is 4.34. The smallest absolute Gasteiger partial charge is 0.226 e. The summed E-state index contributed by atoms with van der Waals surface area (Å²) in [5.74, 6) is -0.0419. The number of nitrogens with one attached hydrogen (secondary N) is 1. The number of rotatable bonds is 6. The van der Waals surface area contributed by atoms with Crippen LogP contribution in [0.1, 0.15) is 28.8 Å². The largest absolute Gasteiger partial charge is 0.330 e. The number of hydrogen-bond acceptors (Lipinski definition) is 4. The molecule has 2 rings (SSSR count). The first-order valence-corrected chi connectivity index (χ1v) is 7.97. The van der Waals surface area contributed by atoms with E-state index in [0.717, 1.165) is 27.4 Å². The summed E-state index contributed by atoms with van der Waals surface area (Å²) in [6.07, 6.45) is 3.66. The number of carbonyl (C=O) groups excluding carboxylic acids is 1. The topological polar surface area (TPSA) is 68.0 Å². The number of amides is 1. The Morgan fingerprint density at radius 1 is 1.45 bits per heavy atom. The summed E-state index contributed by atoms with van der Waals surface area (Å²) in [7, 11) is 0. The number of halogens is 2. The predicted octanol–water partition coefficient (Wildman–Crippen LogP) is 3.79. The van der Waals surface area contributed by atoms with Gasteiger partial charge in [-0.05, 0) is 37.1 Å². The van der Waals surface area contributed by atoms with Gasteiger partial charge in [0.15, 0.2) is 5.13 Å². The average molecular weight is 360 g/mol. The summed E-state index contributed by atoms with van der Waals surface area (Å²) < 4.78 is 0. The summed E-state index contributed by atoms with van der Waals surface area (Å²) in [6.45, 7) is 2.50. The fraction of sp³-hybridized carbons (Fsp3) is 0.333. The number of aromatic nitrogens is 1. The third-order valence-electron chi connectivity index (χ3n) is 3.02. The van der Waals surface area contributed by atoms with E-state index < -0.39 is 0 Å². The number of aryl methyl sites for hydroxylation is 1. The first-order chi connectivity index (χ1) is 10.1. The van der Waals surface area contributed by atoms with Gasteiger partial charge >= 0.3 is 0 Å². The zero-order chi connectivity index (χ0) is 15.2. The number of nitrogens with two attached hydrogens (primary N) is 1. The summed E-state index contributed by atoms with van der Waals surface area (Å²) in [5, 5.41) is 4.19. The minimum absolute atomic E-state index is 0. The van der Waals surface area contributed by atoms with Gasteiger partial charge in [-0.15, -0.1) is 23.7 Å². The molecule has 0 atom stereocenters. The number of nitrogens with zero attached hydrogens (tertiary/aromatic N) is 1. The van der Waals surface area contributed by atoms with Crippen LogP contribution in [-0.2, 0) is 11.2 Å². The van der Waals surface area contributed by atoms with E-state index in [1.165, 1.54) is 11.3 Å². The molecule has 0 saturated carbocycles. The molecule has 0 fully saturated rings. The molecular formula is C15H19Cl2N3OS. The Kier molecular flexibility index (Phi) is 7.82. The number of hydrogen-bond donors (Lipinski definition) is 2. The zero-order valence-corrected chi connectivity index (χ0v) is 14.7. The standard InChI is InChI=1S/C15H18ClN3OS.ClH/c1-10-4-5-11(8-13(10)16)7-12-9-18-15(21-12)19-14(20)3-2-6-17;/h4-5,8-9H,2-3,6-7,17H2,1H3,(H,18,19,20);1H. The molecule has 2 aromatic rings. The maximum absolute atomic E-state index is 11.6.